The summed E-state index contributed by atoms with van der Waals surface area (Å²) >= 11 is 1.65. The Hall–Kier alpha value is -2.67. The van der Waals surface area contributed by atoms with Gasteiger partial charge in [-0.25, -0.2) is 5.48 Å². The molecule has 27 heavy (non-hydrogen) atoms. The second kappa shape index (κ2) is 9.32. The summed E-state index contributed by atoms with van der Waals surface area (Å²) in [7, 11) is 0. The van der Waals surface area contributed by atoms with Crippen LogP contribution >= 0.6 is 11.3 Å². The fraction of sp³-hybridized carbons (Fsp3) is 0.190. The molecule has 0 aliphatic carbocycles. The molecule has 1 amide bonds. The second-order valence-corrected chi connectivity index (χ2v) is 7.06. The lowest BCUT2D eigenvalue weighted by Gasteiger charge is -2.11. The highest BCUT2D eigenvalue weighted by molar-refractivity contribution is 7.13. The summed E-state index contributed by atoms with van der Waals surface area (Å²) in [4.78, 5) is 19.1. The fourth-order valence-electron chi connectivity index (χ4n) is 2.52. The van der Waals surface area contributed by atoms with Gasteiger partial charge in [-0.3, -0.25) is 9.63 Å². The van der Waals surface area contributed by atoms with Gasteiger partial charge in [0.25, 0.3) is 5.91 Å². The normalized spacial score (nSPS) is 10.7. The summed E-state index contributed by atoms with van der Waals surface area (Å²) in [6.07, 6.45) is 1.01. The van der Waals surface area contributed by atoms with E-state index < -0.39 is 0 Å². The minimum absolute atomic E-state index is 0.193. The number of nitrogens with two attached hydrogens (primary N) is 1. The zero-order valence-corrected chi connectivity index (χ0v) is 16.0. The van der Waals surface area contributed by atoms with E-state index in [1.54, 1.807) is 23.5 Å². The second-order valence-electron chi connectivity index (χ2n) is 6.11. The first-order valence-electron chi connectivity index (χ1n) is 8.85. The first kappa shape index (κ1) is 19.1. The minimum Gasteiger partial charge on any atom is -0.397 e. The third-order valence-electron chi connectivity index (χ3n) is 4.02. The van der Waals surface area contributed by atoms with Crippen molar-refractivity contribution >= 4 is 28.6 Å². The van der Waals surface area contributed by atoms with Crippen LogP contribution in [0.2, 0.25) is 0 Å². The van der Waals surface area contributed by atoms with Crippen LogP contribution in [0.5, 0.6) is 0 Å². The highest BCUT2D eigenvalue weighted by Crippen LogP contribution is 2.30. The monoisotopic (exact) mass is 381 g/mol. The smallest absolute Gasteiger partial charge is 0.255 e. The van der Waals surface area contributed by atoms with E-state index in [-0.39, 0.29) is 5.91 Å². The molecule has 1 aromatic heterocycles. The van der Waals surface area contributed by atoms with Crippen molar-refractivity contribution in [2.24, 2.45) is 0 Å². The van der Waals surface area contributed by atoms with Crippen LogP contribution in [0.25, 0.3) is 10.4 Å². The molecule has 0 spiro atoms. The van der Waals surface area contributed by atoms with Gasteiger partial charge >= 0.3 is 0 Å². The van der Waals surface area contributed by atoms with Crippen molar-refractivity contribution in [3.63, 3.8) is 0 Å². The number of thiophene rings is 1. The Bertz CT molecular complexity index is 877. The topological polar surface area (TPSA) is 76.4 Å². The van der Waals surface area contributed by atoms with Crippen LogP contribution in [0, 0.1) is 0 Å². The van der Waals surface area contributed by atoms with Crippen LogP contribution in [0.15, 0.2) is 60.0 Å². The lowest BCUT2D eigenvalue weighted by Crippen LogP contribution is -2.15. The number of anilines is 2. The summed E-state index contributed by atoms with van der Waals surface area (Å²) in [5.74, 6) is -0.193. The minimum atomic E-state index is -0.193. The molecule has 3 aromatic rings. The summed E-state index contributed by atoms with van der Waals surface area (Å²) in [6.45, 7) is 3.34. The summed E-state index contributed by atoms with van der Waals surface area (Å²) in [5, 5.41) is 4.93. The van der Waals surface area contributed by atoms with Crippen molar-refractivity contribution in [1.29, 1.82) is 0 Å². The van der Waals surface area contributed by atoms with E-state index in [0.29, 0.717) is 23.5 Å². The maximum Gasteiger partial charge on any atom is 0.255 e. The molecular formula is C21H23N3O2S. The van der Waals surface area contributed by atoms with E-state index in [2.05, 4.69) is 17.7 Å². The van der Waals surface area contributed by atoms with Crippen LogP contribution in [0.3, 0.4) is 0 Å². The number of nitrogen functional groups attached to an aromatic ring is 1. The van der Waals surface area contributed by atoms with Crippen molar-refractivity contribution in [3.05, 3.63) is 71.1 Å². The SMILES string of the molecule is CCCNOCc1ccc(C(=O)Nc2cc(-c3cccs3)ccc2N)cc1. The number of hydroxylamine groups is 1. The van der Waals surface area contributed by atoms with Crippen molar-refractivity contribution in [2.45, 2.75) is 20.0 Å². The number of hydrogen-bond donors (Lipinski definition) is 3. The molecule has 4 N–H and O–H groups in total. The number of carbonyl (C=O) groups is 1. The molecule has 0 atom stereocenters. The molecule has 0 fully saturated rings. The van der Waals surface area contributed by atoms with E-state index in [1.165, 1.54) is 0 Å². The molecule has 6 heteroatoms. The largest absolute Gasteiger partial charge is 0.397 e. The maximum atomic E-state index is 12.6. The van der Waals surface area contributed by atoms with E-state index in [0.717, 1.165) is 29.0 Å². The first-order valence-corrected chi connectivity index (χ1v) is 9.73. The molecule has 3 rings (SSSR count). The van der Waals surface area contributed by atoms with Gasteiger partial charge in [0.15, 0.2) is 0 Å². The zero-order valence-electron chi connectivity index (χ0n) is 15.2. The van der Waals surface area contributed by atoms with E-state index in [4.69, 9.17) is 10.6 Å². The van der Waals surface area contributed by atoms with Gasteiger partial charge in [0.2, 0.25) is 0 Å². The van der Waals surface area contributed by atoms with E-state index in [1.807, 2.05) is 47.8 Å². The Labute approximate surface area is 163 Å². The third kappa shape index (κ3) is 5.17. The van der Waals surface area contributed by atoms with Crippen molar-refractivity contribution in [1.82, 2.24) is 5.48 Å². The lowest BCUT2D eigenvalue weighted by molar-refractivity contribution is 0.0283. The standard InChI is InChI=1S/C21H23N3O2S/c1-2-11-23-26-14-15-5-7-16(8-6-15)21(25)24-19-13-17(9-10-18(19)22)20-4-3-12-27-20/h3-10,12-13,23H,2,11,14,22H2,1H3,(H,24,25). The summed E-state index contributed by atoms with van der Waals surface area (Å²) < 4.78 is 0. The number of nitrogens with one attached hydrogen (secondary N) is 2. The van der Waals surface area contributed by atoms with Crippen molar-refractivity contribution in [2.75, 3.05) is 17.6 Å². The van der Waals surface area contributed by atoms with Gasteiger partial charge in [0.1, 0.15) is 0 Å². The van der Waals surface area contributed by atoms with Gasteiger partial charge in [-0.2, -0.15) is 0 Å². The van der Waals surface area contributed by atoms with E-state index >= 15 is 0 Å². The van der Waals surface area contributed by atoms with Gasteiger partial charge in [-0.15, -0.1) is 11.3 Å². The van der Waals surface area contributed by atoms with Crippen LogP contribution in [0.1, 0.15) is 29.3 Å². The van der Waals surface area contributed by atoms with Crippen LogP contribution < -0.4 is 16.5 Å². The van der Waals surface area contributed by atoms with Crippen LogP contribution in [-0.4, -0.2) is 12.5 Å². The number of hydrogen-bond acceptors (Lipinski definition) is 5. The summed E-state index contributed by atoms with van der Waals surface area (Å²) in [6, 6.07) is 17.0. The predicted molar refractivity (Wildman–Crippen MR) is 112 cm³/mol. The molecule has 0 aliphatic rings. The molecular weight excluding hydrogens is 358 g/mol. The van der Waals surface area contributed by atoms with Gasteiger partial charge in [0.05, 0.1) is 18.0 Å². The molecule has 2 aromatic carbocycles. The predicted octanol–water partition coefficient (Wildman–Crippen LogP) is 4.68. The molecule has 0 saturated heterocycles. The first-order chi connectivity index (χ1) is 13.2. The Morgan fingerprint density at radius 3 is 2.67 bits per heavy atom. The average Bonchev–Trinajstić information content (AvgIpc) is 3.22. The van der Waals surface area contributed by atoms with Crippen molar-refractivity contribution < 1.29 is 9.63 Å². The molecule has 0 bridgehead atoms. The third-order valence-corrected chi connectivity index (χ3v) is 4.94. The molecule has 140 valence electrons. The van der Waals surface area contributed by atoms with Gasteiger partial charge < -0.3 is 11.1 Å². The lowest BCUT2D eigenvalue weighted by atomic mass is 10.1. The molecule has 0 unspecified atom stereocenters. The average molecular weight is 382 g/mol. The fourth-order valence-corrected chi connectivity index (χ4v) is 3.24. The molecule has 0 radical (unpaired) electrons. The Morgan fingerprint density at radius 2 is 1.96 bits per heavy atom. The highest BCUT2D eigenvalue weighted by atomic mass is 32.1. The van der Waals surface area contributed by atoms with Crippen molar-refractivity contribution in [3.8, 4) is 10.4 Å². The van der Waals surface area contributed by atoms with Gasteiger partial charge in [0, 0.05) is 17.0 Å². The maximum absolute atomic E-state index is 12.6. The van der Waals surface area contributed by atoms with Gasteiger partial charge in [-0.05, 0) is 53.3 Å². The molecule has 1 heterocycles. The molecule has 5 nitrogen and oxygen atoms in total. The zero-order chi connectivity index (χ0) is 19.1. The Kier molecular flexibility index (Phi) is 6.59. The molecule has 0 saturated carbocycles. The Balaban J connectivity index is 1.66. The van der Waals surface area contributed by atoms with Crippen LogP contribution in [-0.2, 0) is 11.4 Å². The Morgan fingerprint density at radius 1 is 1.15 bits per heavy atom. The van der Waals surface area contributed by atoms with Gasteiger partial charge in [-0.1, -0.05) is 31.2 Å². The quantitative estimate of drug-likeness (QED) is 0.301. The summed E-state index contributed by atoms with van der Waals surface area (Å²) in [5.41, 5.74) is 12.7. The number of amides is 1. The number of rotatable bonds is 8. The van der Waals surface area contributed by atoms with E-state index in [9.17, 15) is 4.79 Å². The van der Waals surface area contributed by atoms with Crippen LogP contribution in [0.4, 0.5) is 11.4 Å². The highest BCUT2D eigenvalue weighted by Gasteiger charge is 2.10. The number of carbonyl (C=O) groups excluding carboxylic acids is 1. The molecule has 0 aliphatic heterocycles. The number of benzene rings is 2.